The number of halogens is 1. The summed E-state index contributed by atoms with van der Waals surface area (Å²) in [6.07, 6.45) is 0. The van der Waals surface area contributed by atoms with E-state index in [1.54, 1.807) is 28.9 Å². The van der Waals surface area contributed by atoms with E-state index in [0.717, 1.165) is 5.56 Å². The summed E-state index contributed by atoms with van der Waals surface area (Å²) in [6, 6.07) is 6.19. The maximum atomic E-state index is 12.8. The van der Waals surface area contributed by atoms with Crippen molar-refractivity contribution in [3.8, 4) is 0 Å². The fraction of sp³-hybridized carbons (Fsp3) is 0.467. The lowest BCUT2D eigenvalue weighted by Crippen LogP contribution is -2.51. The Morgan fingerprint density at radius 1 is 1.10 bits per heavy atom. The predicted molar refractivity (Wildman–Crippen MR) is 76.9 cm³/mol. The van der Waals surface area contributed by atoms with Gasteiger partial charge in [0, 0.05) is 39.6 Å². The Morgan fingerprint density at radius 2 is 1.67 bits per heavy atom. The highest BCUT2D eigenvalue weighted by Gasteiger charge is 2.21. The monoisotopic (exact) mass is 293 g/mol. The molecule has 5 nitrogen and oxygen atoms in total. The third kappa shape index (κ3) is 4.53. The van der Waals surface area contributed by atoms with E-state index in [9.17, 15) is 14.0 Å². The summed E-state index contributed by atoms with van der Waals surface area (Å²) in [4.78, 5) is 26.7. The first-order valence-corrected chi connectivity index (χ1v) is 7.04. The molecule has 0 saturated carbocycles. The molecule has 0 radical (unpaired) electrons. The first kappa shape index (κ1) is 15.4. The molecular weight excluding hydrogens is 273 g/mol. The number of carbonyl (C=O) groups is 2. The predicted octanol–water partition coefficient (Wildman–Crippen LogP) is 0.606. The highest BCUT2D eigenvalue weighted by atomic mass is 19.1. The Morgan fingerprint density at radius 3 is 2.24 bits per heavy atom. The molecule has 114 valence electrons. The minimum atomic E-state index is -0.266. The molecule has 2 amide bonds. The van der Waals surface area contributed by atoms with Crippen LogP contribution in [0.2, 0.25) is 0 Å². The normalized spacial score (nSPS) is 15.1. The van der Waals surface area contributed by atoms with Crippen LogP contribution in [0.25, 0.3) is 0 Å². The smallest absolute Gasteiger partial charge is 0.236 e. The van der Waals surface area contributed by atoms with Crippen molar-refractivity contribution in [2.75, 3.05) is 32.7 Å². The average molecular weight is 293 g/mol. The van der Waals surface area contributed by atoms with Crippen molar-refractivity contribution in [2.45, 2.75) is 13.5 Å². The van der Waals surface area contributed by atoms with Gasteiger partial charge in [0.2, 0.25) is 11.8 Å². The van der Waals surface area contributed by atoms with E-state index in [-0.39, 0.29) is 24.2 Å². The van der Waals surface area contributed by atoms with E-state index in [4.69, 9.17) is 0 Å². The van der Waals surface area contributed by atoms with Crippen LogP contribution in [0.4, 0.5) is 4.39 Å². The van der Waals surface area contributed by atoms with Crippen molar-refractivity contribution < 1.29 is 14.0 Å². The van der Waals surface area contributed by atoms with Crippen LogP contribution >= 0.6 is 0 Å². The maximum Gasteiger partial charge on any atom is 0.236 e. The molecule has 0 bridgehead atoms. The van der Waals surface area contributed by atoms with Crippen molar-refractivity contribution in [3.05, 3.63) is 35.6 Å². The zero-order valence-electron chi connectivity index (χ0n) is 12.1. The van der Waals surface area contributed by atoms with Crippen molar-refractivity contribution >= 4 is 11.8 Å². The summed E-state index contributed by atoms with van der Waals surface area (Å²) >= 11 is 0. The van der Waals surface area contributed by atoms with Gasteiger partial charge in [-0.05, 0) is 17.7 Å². The Balaban J connectivity index is 1.70. The van der Waals surface area contributed by atoms with E-state index in [0.29, 0.717) is 32.7 Å². The van der Waals surface area contributed by atoms with E-state index in [1.165, 1.54) is 12.1 Å². The quantitative estimate of drug-likeness (QED) is 0.885. The molecule has 0 aliphatic carbocycles. The number of nitrogens with one attached hydrogen (secondary N) is 1. The number of hydrogen-bond donors (Lipinski definition) is 1. The SMILES string of the molecule is CC(=O)N1CCN(C(=O)CNCc2ccc(F)cc2)CC1. The minimum absolute atomic E-state index is 0.0281. The maximum absolute atomic E-state index is 12.8. The lowest BCUT2D eigenvalue weighted by Gasteiger charge is -2.34. The van der Waals surface area contributed by atoms with Crippen LogP contribution in [-0.2, 0) is 16.1 Å². The lowest BCUT2D eigenvalue weighted by molar-refractivity contribution is -0.137. The van der Waals surface area contributed by atoms with Crippen molar-refractivity contribution in [1.82, 2.24) is 15.1 Å². The lowest BCUT2D eigenvalue weighted by atomic mass is 10.2. The Bertz CT molecular complexity index is 496. The van der Waals surface area contributed by atoms with Crippen LogP contribution in [0.1, 0.15) is 12.5 Å². The summed E-state index contributed by atoms with van der Waals surface area (Å²) in [5, 5.41) is 3.06. The number of amides is 2. The first-order chi connectivity index (χ1) is 10.1. The van der Waals surface area contributed by atoms with Crippen molar-refractivity contribution in [3.63, 3.8) is 0 Å². The second-order valence-electron chi connectivity index (χ2n) is 5.12. The Kier molecular flexibility index (Phi) is 5.27. The third-order valence-corrected chi connectivity index (χ3v) is 3.60. The fourth-order valence-corrected chi connectivity index (χ4v) is 2.30. The molecule has 0 unspecified atom stereocenters. The second kappa shape index (κ2) is 7.17. The molecule has 1 aliphatic rings. The highest BCUT2D eigenvalue weighted by Crippen LogP contribution is 2.04. The number of hydrogen-bond acceptors (Lipinski definition) is 3. The Labute approximate surface area is 123 Å². The van der Waals surface area contributed by atoms with Gasteiger partial charge < -0.3 is 15.1 Å². The van der Waals surface area contributed by atoms with Crippen LogP contribution in [0, 0.1) is 5.82 Å². The van der Waals surface area contributed by atoms with E-state index in [2.05, 4.69) is 5.32 Å². The summed E-state index contributed by atoms with van der Waals surface area (Å²) < 4.78 is 12.8. The molecule has 6 heteroatoms. The third-order valence-electron chi connectivity index (χ3n) is 3.60. The molecule has 1 aromatic carbocycles. The van der Waals surface area contributed by atoms with Gasteiger partial charge in [0.15, 0.2) is 0 Å². The molecule has 0 aromatic heterocycles. The average Bonchev–Trinajstić information content (AvgIpc) is 2.49. The summed E-state index contributed by atoms with van der Waals surface area (Å²) in [6.45, 7) is 4.67. The number of carbonyl (C=O) groups excluding carboxylic acids is 2. The number of rotatable bonds is 4. The van der Waals surface area contributed by atoms with Gasteiger partial charge in [0.25, 0.3) is 0 Å². The molecule has 2 rings (SSSR count). The van der Waals surface area contributed by atoms with E-state index >= 15 is 0 Å². The van der Waals surface area contributed by atoms with Crippen molar-refractivity contribution in [1.29, 1.82) is 0 Å². The van der Waals surface area contributed by atoms with Crippen molar-refractivity contribution in [2.24, 2.45) is 0 Å². The highest BCUT2D eigenvalue weighted by molar-refractivity contribution is 5.79. The van der Waals surface area contributed by atoms with Gasteiger partial charge in [-0.25, -0.2) is 4.39 Å². The van der Waals surface area contributed by atoms with Crippen LogP contribution < -0.4 is 5.32 Å². The number of piperazine rings is 1. The first-order valence-electron chi connectivity index (χ1n) is 7.04. The molecule has 0 atom stereocenters. The molecule has 1 N–H and O–H groups in total. The largest absolute Gasteiger partial charge is 0.339 e. The number of nitrogens with zero attached hydrogens (tertiary/aromatic N) is 2. The minimum Gasteiger partial charge on any atom is -0.339 e. The summed E-state index contributed by atoms with van der Waals surface area (Å²) in [7, 11) is 0. The zero-order chi connectivity index (χ0) is 15.2. The van der Waals surface area contributed by atoms with Gasteiger partial charge in [0.05, 0.1) is 6.54 Å². The molecule has 1 aromatic rings. The van der Waals surface area contributed by atoms with Crippen LogP contribution in [0.15, 0.2) is 24.3 Å². The standard InChI is InChI=1S/C15H20FN3O2/c1-12(20)18-6-8-19(9-7-18)15(21)11-17-10-13-2-4-14(16)5-3-13/h2-5,17H,6-11H2,1H3. The number of benzene rings is 1. The van der Waals surface area contributed by atoms with Gasteiger partial charge >= 0.3 is 0 Å². The van der Waals surface area contributed by atoms with Gasteiger partial charge in [-0.3, -0.25) is 9.59 Å². The molecule has 1 fully saturated rings. The van der Waals surface area contributed by atoms with Crippen LogP contribution in [-0.4, -0.2) is 54.3 Å². The summed E-state index contributed by atoms with van der Waals surface area (Å²) in [5.74, 6) is -0.185. The molecule has 1 aliphatic heterocycles. The molecule has 1 saturated heterocycles. The van der Waals surface area contributed by atoms with Gasteiger partial charge in [-0.15, -0.1) is 0 Å². The van der Waals surface area contributed by atoms with E-state index < -0.39 is 0 Å². The zero-order valence-corrected chi connectivity index (χ0v) is 12.1. The summed E-state index contributed by atoms with van der Waals surface area (Å²) in [5.41, 5.74) is 0.936. The van der Waals surface area contributed by atoms with Gasteiger partial charge in [-0.1, -0.05) is 12.1 Å². The van der Waals surface area contributed by atoms with Crippen LogP contribution in [0.5, 0.6) is 0 Å². The second-order valence-corrected chi connectivity index (χ2v) is 5.12. The topological polar surface area (TPSA) is 52.7 Å². The Hall–Kier alpha value is -1.95. The molecular formula is C15H20FN3O2. The molecule has 21 heavy (non-hydrogen) atoms. The van der Waals surface area contributed by atoms with Gasteiger partial charge in [0.1, 0.15) is 5.82 Å². The van der Waals surface area contributed by atoms with E-state index in [1.807, 2.05) is 0 Å². The van der Waals surface area contributed by atoms with Gasteiger partial charge in [-0.2, -0.15) is 0 Å². The fourth-order valence-electron chi connectivity index (χ4n) is 2.30. The molecule has 0 spiro atoms. The molecule has 1 heterocycles. The van der Waals surface area contributed by atoms with Crippen LogP contribution in [0.3, 0.4) is 0 Å².